The highest BCUT2D eigenvalue weighted by Gasteiger charge is 2.47. The number of carbonyl (C=O) groups is 2. The molecule has 1 aliphatic heterocycles. The molecular formula is C22H22FN5O3. The molecule has 0 unspecified atom stereocenters. The summed E-state index contributed by atoms with van der Waals surface area (Å²) in [6.45, 7) is 4.17. The minimum Gasteiger partial charge on any atom is -0.507 e. The third-order valence-corrected chi connectivity index (χ3v) is 5.48. The molecule has 1 aromatic carbocycles. The number of H-pyrrole nitrogens is 1. The van der Waals surface area contributed by atoms with E-state index in [1.54, 1.807) is 38.6 Å². The fourth-order valence-electron chi connectivity index (χ4n) is 4.01. The van der Waals surface area contributed by atoms with Gasteiger partial charge >= 0.3 is 0 Å². The minimum absolute atomic E-state index is 0.134. The smallest absolute Gasteiger partial charge is 0.295 e. The highest BCUT2D eigenvalue weighted by atomic mass is 19.1. The lowest BCUT2D eigenvalue weighted by atomic mass is 9.94. The molecule has 0 saturated carbocycles. The maximum Gasteiger partial charge on any atom is 0.295 e. The zero-order chi connectivity index (χ0) is 22.1. The van der Waals surface area contributed by atoms with E-state index >= 15 is 0 Å². The summed E-state index contributed by atoms with van der Waals surface area (Å²) in [5.74, 6) is -2.51. The number of nitrogens with one attached hydrogen (secondary N) is 1. The number of imidazole rings is 1. The van der Waals surface area contributed by atoms with Crippen molar-refractivity contribution in [3.8, 4) is 0 Å². The number of aromatic nitrogens is 4. The van der Waals surface area contributed by atoms with Crippen molar-refractivity contribution in [2.24, 2.45) is 0 Å². The van der Waals surface area contributed by atoms with Crippen LogP contribution in [0.15, 0.2) is 48.6 Å². The normalized spacial score (nSPS) is 18.2. The van der Waals surface area contributed by atoms with Crippen LogP contribution < -0.4 is 0 Å². The Hall–Kier alpha value is -3.75. The number of hydrogen-bond donors (Lipinski definition) is 2. The third kappa shape index (κ3) is 3.63. The number of halogens is 1. The molecule has 9 heteroatoms. The highest BCUT2D eigenvalue weighted by molar-refractivity contribution is 6.46. The van der Waals surface area contributed by atoms with E-state index in [2.05, 4.69) is 15.2 Å². The van der Waals surface area contributed by atoms with Crippen LogP contribution in [0.2, 0.25) is 0 Å². The molecule has 31 heavy (non-hydrogen) atoms. The fraction of sp³-hybridized carbons (Fsp3) is 0.273. The number of nitrogens with zero attached hydrogens (tertiary/aromatic N) is 4. The van der Waals surface area contributed by atoms with E-state index in [0.717, 1.165) is 0 Å². The number of aryl methyl sites for hydroxylation is 3. The van der Waals surface area contributed by atoms with Crippen LogP contribution in [0.5, 0.6) is 0 Å². The lowest BCUT2D eigenvalue weighted by Gasteiger charge is -2.25. The molecule has 1 amide bonds. The van der Waals surface area contributed by atoms with Crippen molar-refractivity contribution in [3.63, 3.8) is 0 Å². The van der Waals surface area contributed by atoms with Gasteiger partial charge in [-0.3, -0.25) is 14.7 Å². The van der Waals surface area contributed by atoms with Gasteiger partial charge in [0.1, 0.15) is 11.6 Å². The summed E-state index contributed by atoms with van der Waals surface area (Å²) < 4.78 is 16.6. The molecule has 3 heterocycles. The number of hydrogen-bond acceptors (Lipinski definition) is 5. The number of aromatic amines is 1. The summed E-state index contributed by atoms with van der Waals surface area (Å²) >= 11 is 0. The fourth-order valence-corrected chi connectivity index (χ4v) is 4.01. The second kappa shape index (κ2) is 8.17. The van der Waals surface area contributed by atoms with Gasteiger partial charge < -0.3 is 14.6 Å². The Morgan fingerprint density at radius 3 is 2.65 bits per heavy atom. The van der Waals surface area contributed by atoms with Gasteiger partial charge in [-0.1, -0.05) is 18.2 Å². The quantitative estimate of drug-likeness (QED) is 0.360. The topological polar surface area (TPSA) is 104 Å². The maximum atomic E-state index is 14.8. The van der Waals surface area contributed by atoms with E-state index in [1.165, 1.54) is 23.1 Å². The first-order chi connectivity index (χ1) is 14.9. The SMILES string of the molecule is Cc1n[nH]c(C)c1C(O)=C1C(=O)C(=O)N(CCCn2ccnc2)[C@@H]1c1ccccc1F. The molecule has 1 aliphatic rings. The van der Waals surface area contributed by atoms with Gasteiger partial charge in [-0.2, -0.15) is 5.10 Å². The number of Topliss-reactive ketones (excluding diaryl/α,β-unsaturated/α-hetero) is 1. The number of benzene rings is 1. The molecule has 1 atom stereocenters. The molecule has 8 nitrogen and oxygen atoms in total. The second-order valence-corrected chi connectivity index (χ2v) is 7.48. The molecular weight excluding hydrogens is 401 g/mol. The van der Waals surface area contributed by atoms with Crippen LogP contribution in [0, 0.1) is 19.7 Å². The summed E-state index contributed by atoms with van der Waals surface area (Å²) in [5.41, 5.74) is 1.40. The molecule has 4 rings (SSSR count). The van der Waals surface area contributed by atoms with Gasteiger partial charge in [-0.15, -0.1) is 0 Å². The summed E-state index contributed by atoms with van der Waals surface area (Å²) in [7, 11) is 0. The number of likely N-dealkylation sites (tertiary alicyclic amines) is 1. The molecule has 2 N–H and O–H groups in total. The highest BCUT2D eigenvalue weighted by Crippen LogP contribution is 2.41. The van der Waals surface area contributed by atoms with Crippen LogP contribution in [-0.2, 0) is 16.1 Å². The van der Waals surface area contributed by atoms with Crippen LogP contribution in [0.25, 0.3) is 5.76 Å². The van der Waals surface area contributed by atoms with E-state index in [1.807, 2.05) is 4.57 Å². The first-order valence-electron chi connectivity index (χ1n) is 9.90. The molecule has 0 bridgehead atoms. The Morgan fingerprint density at radius 1 is 1.23 bits per heavy atom. The van der Waals surface area contributed by atoms with Crippen molar-refractivity contribution in [1.82, 2.24) is 24.6 Å². The van der Waals surface area contributed by atoms with Crippen molar-refractivity contribution >= 4 is 17.4 Å². The molecule has 0 aliphatic carbocycles. The largest absolute Gasteiger partial charge is 0.507 e. The summed E-state index contributed by atoms with van der Waals surface area (Å²) in [6, 6.07) is 4.94. The standard InChI is InChI=1S/C22H22FN5O3/c1-13-17(14(2)26-25-13)20(29)18-19(15-6-3-4-7-16(15)23)28(22(31)21(18)30)10-5-9-27-11-8-24-12-27/h3-4,6-8,11-12,19,29H,5,9-10H2,1-2H3,(H,25,26)/t19-/m1/s1. The molecule has 0 radical (unpaired) electrons. The molecule has 1 saturated heterocycles. The molecule has 0 spiro atoms. The Labute approximate surface area is 178 Å². The van der Waals surface area contributed by atoms with Gasteiger partial charge in [0.05, 0.1) is 29.2 Å². The zero-order valence-electron chi connectivity index (χ0n) is 17.2. The van der Waals surface area contributed by atoms with Gasteiger partial charge in [0.2, 0.25) is 0 Å². The zero-order valence-corrected chi connectivity index (χ0v) is 17.2. The van der Waals surface area contributed by atoms with Crippen molar-refractivity contribution in [2.75, 3.05) is 6.54 Å². The predicted molar refractivity (Wildman–Crippen MR) is 110 cm³/mol. The Bertz CT molecular complexity index is 1150. The van der Waals surface area contributed by atoms with E-state index in [0.29, 0.717) is 29.9 Å². The van der Waals surface area contributed by atoms with Crippen LogP contribution >= 0.6 is 0 Å². The summed E-state index contributed by atoms with van der Waals surface area (Å²) in [6.07, 6.45) is 5.64. The van der Waals surface area contributed by atoms with Gasteiger partial charge in [-0.05, 0) is 26.3 Å². The minimum atomic E-state index is -1.03. The number of amides is 1. The van der Waals surface area contributed by atoms with E-state index in [4.69, 9.17) is 0 Å². The van der Waals surface area contributed by atoms with E-state index in [-0.39, 0.29) is 23.4 Å². The van der Waals surface area contributed by atoms with E-state index < -0.39 is 23.5 Å². The second-order valence-electron chi connectivity index (χ2n) is 7.48. The summed E-state index contributed by atoms with van der Waals surface area (Å²) in [4.78, 5) is 31.2. The molecule has 1 fully saturated rings. The average Bonchev–Trinajstić information content (AvgIpc) is 3.44. The number of ketones is 1. The van der Waals surface area contributed by atoms with Crippen molar-refractivity contribution in [3.05, 3.63) is 76.9 Å². The number of carbonyl (C=O) groups excluding carboxylic acids is 2. The molecule has 160 valence electrons. The number of aliphatic hydroxyl groups excluding tert-OH is 1. The van der Waals surface area contributed by atoms with E-state index in [9.17, 15) is 19.1 Å². The average molecular weight is 423 g/mol. The first-order valence-corrected chi connectivity index (χ1v) is 9.90. The number of aliphatic hydroxyl groups is 1. The van der Waals surface area contributed by atoms with Crippen molar-refractivity contribution in [2.45, 2.75) is 32.9 Å². The lowest BCUT2D eigenvalue weighted by molar-refractivity contribution is -0.140. The monoisotopic (exact) mass is 423 g/mol. The van der Waals surface area contributed by atoms with Crippen LogP contribution in [0.3, 0.4) is 0 Å². The van der Waals surface area contributed by atoms with Gasteiger partial charge in [0.15, 0.2) is 0 Å². The van der Waals surface area contributed by atoms with Crippen LogP contribution in [-0.4, -0.2) is 48.0 Å². The van der Waals surface area contributed by atoms with Gasteiger partial charge in [-0.25, -0.2) is 9.37 Å². The van der Waals surface area contributed by atoms with Gasteiger partial charge in [0, 0.05) is 36.7 Å². The Kier molecular flexibility index (Phi) is 5.41. The van der Waals surface area contributed by atoms with Crippen molar-refractivity contribution < 1.29 is 19.1 Å². The predicted octanol–water partition coefficient (Wildman–Crippen LogP) is 2.87. The Morgan fingerprint density at radius 2 is 2.00 bits per heavy atom. The first kappa shape index (κ1) is 20.5. The number of rotatable bonds is 6. The molecule has 3 aromatic rings. The third-order valence-electron chi connectivity index (χ3n) is 5.48. The lowest BCUT2D eigenvalue weighted by Crippen LogP contribution is -2.31. The van der Waals surface area contributed by atoms with Gasteiger partial charge in [0.25, 0.3) is 11.7 Å². The van der Waals surface area contributed by atoms with Crippen LogP contribution in [0.1, 0.15) is 35.0 Å². The summed E-state index contributed by atoms with van der Waals surface area (Å²) in [5, 5.41) is 17.9. The van der Waals surface area contributed by atoms with Crippen molar-refractivity contribution in [1.29, 1.82) is 0 Å². The maximum absolute atomic E-state index is 14.8. The van der Waals surface area contributed by atoms with Crippen LogP contribution in [0.4, 0.5) is 4.39 Å². The Balaban J connectivity index is 1.78. The molecule has 2 aromatic heterocycles.